The maximum Gasteiger partial charge on any atom is 0.157 e. The minimum atomic E-state index is 0.701. The summed E-state index contributed by atoms with van der Waals surface area (Å²) in [5.41, 5.74) is 4.18. The Balaban J connectivity index is 1.81. The van der Waals surface area contributed by atoms with Gasteiger partial charge in [-0.3, -0.25) is 14.4 Å². The molecule has 7 nitrogen and oxygen atoms in total. The largest absolute Gasteiger partial charge is 0.497 e. The van der Waals surface area contributed by atoms with Gasteiger partial charge in [-0.15, -0.1) is 0 Å². The first-order valence-electron chi connectivity index (χ1n) is 8.10. The van der Waals surface area contributed by atoms with E-state index in [0.717, 1.165) is 39.0 Å². The molecule has 26 heavy (non-hydrogen) atoms. The first kappa shape index (κ1) is 14.6. The van der Waals surface area contributed by atoms with E-state index in [0.29, 0.717) is 5.82 Å². The van der Waals surface area contributed by atoms with Crippen molar-refractivity contribution < 1.29 is 4.74 Å². The van der Waals surface area contributed by atoms with Crippen LogP contribution in [-0.2, 0) is 0 Å². The quantitative estimate of drug-likeness (QED) is 0.540. The van der Waals surface area contributed by atoms with E-state index in [1.165, 1.54) is 0 Å². The number of imidazole rings is 1. The molecule has 4 aromatic heterocycles. The predicted octanol–water partition coefficient (Wildman–Crippen LogP) is 3.58. The lowest BCUT2D eigenvalue weighted by atomic mass is 10.2. The van der Waals surface area contributed by atoms with Gasteiger partial charge in [0.1, 0.15) is 16.8 Å². The summed E-state index contributed by atoms with van der Waals surface area (Å²) in [5, 5.41) is 4.35. The van der Waals surface area contributed by atoms with E-state index in [1.54, 1.807) is 31.9 Å². The molecule has 0 aliphatic carbocycles. The minimum absolute atomic E-state index is 0.701. The highest BCUT2D eigenvalue weighted by atomic mass is 16.5. The fourth-order valence-corrected chi connectivity index (χ4v) is 3.09. The van der Waals surface area contributed by atoms with Gasteiger partial charge in [0.15, 0.2) is 11.5 Å². The second kappa shape index (κ2) is 5.66. The first-order chi connectivity index (χ1) is 12.8. The third-order valence-electron chi connectivity index (χ3n) is 4.27. The van der Waals surface area contributed by atoms with Crippen molar-refractivity contribution in [3.63, 3.8) is 0 Å². The second-order valence-electron chi connectivity index (χ2n) is 5.82. The molecule has 0 radical (unpaired) electrons. The van der Waals surface area contributed by atoms with Crippen molar-refractivity contribution in [2.24, 2.45) is 0 Å². The molecule has 0 saturated carbocycles. The molecule has 0 atom stereocenters. The number of ether oxygens (including phenoxy) is 1. The first-order valence-corrected chi connectivity index (χ1v) is 8.10. The molecule has 5 rings (SSSR count). The Morgan fingerprint density at radius 1 is 1.04 bits per heavy atom. The van der Waals surface area contributed by atoms with Crippen LogP contribution in [-0.4, -0.2) is 31.4 Å². The summed E-state index contributed by atoms with van der Waals surface area (Å²) in [5.74, 6) is 1.48. The maximum absolute atomic E-state index is 5.31. The molecule has 0 bridgehead atoms. The molecule has 0 saturated heterocycles. The van der Waals surface area contributed by atoms with Crippen LogP contribution in [0.4, 0.5) is 11.5 Å². The standard InChI is InChI=1S/C19H14N6O/c1-26-13-4-2-3-12(9-13)22-19-18-17(14-5-6-20-10-15(14)23-19)24-16-11-21-7-8-25(16)18/h2-11H,1H3,(H,22,23). The Bertz CT molecular complexity index is 1260. The van der Waals surface area contributed by atoms with E-state index in [4.69, 9.17) is 14.7 Å². The molecule has 0 aliphatic rings. The molecule has 0 spiro atoms. The fraction of sp³-hybridized carbons (Fsp3) is 0.0526. The Morgan fingerprint density at radius 2 is 1.96 bits per heavy atom. The number of fused-ring (bicyclic) bond motifs is 5. The van der Waals surface area contributed by atoms with Crippen LogP contribution in [0.3, 0.4) is 0 Å². The number of hydrogen-bond acceptors (Lipinski definition) is 6. The summed E-state index contributed by atoms with van der Waals surface area (Å²) in [6, 6.07) is 9.65. The van der Waals surface area contributed by atoms with Crippen LogP contribution in [0.15, 0.2) is 61.3 Å². The normalized spacial score (nSPS) is 11.3. The number of pyridine rings is 2. The second-order valence-corrected chi connectivity index (χ2v) is 5.82. The molecule has 0 unspecified atom stereocenters. The Morgan fingerprint density at radius 3 is 2.88 bits per heavy atom. The molecular weight excluding hydrogens is 328 g/mol. The highest BCUT2D eigenvalue weighted by Crippen LogP contribution is 2.31. The molecule has 1 N–H and O–H groups in total. The van der Waals surface area contributed by atoms with Gasteiger partial charge in [-0.2, -0.15) is 0 Å². The lowest BCUT2D eigenvalue weighted by Gasteiger charge is -2.10. The minimum Gasteiger partial charge on any atom is -0.497 e. The summed E-state index contributed by atoms with van der Waals surface area (Å²) in [6.07, 6.45) is 8.85. The van der Waals surface area contributed by atoms with E-state index in [1.807, 2.05) is 40.9 Å². The van der Waals surface area contributed by atoms with E-state index in [-0.39, 0.29) is 0 Å². The van der Waals surface area contributed by atoms with Gasteiger partial charge in [0, 0.05) is 35.7 Å². The number of methoxy groups -OCH3 is 1. The zero-order chi connectivity index (χ0) is 17.5. The van der Waals surface area contributed by atoms with E-state index in [9.17, 15) is 0 Å². The molecule has 0 fully saturated rings. The number of rotatable bonds is 3. The third kappa shape index (κ3) is 2.21. The van der Waals surface area contributed by atoms with Crippen molar-refractivity contribution in [3.05, 3.63) is 61.3 Å². The Labute approximate surface area is 148 Å². The highest BCUT2D eigenvalue weighted by Gasteiger charge is 2.15. The fourth-order valence-electron chi connectivity index (χ4n) is 3.09. The zero-order valence-electron chi connectivity index (χ0n) is 13.9. The van der Waals surface area contributed by atoms with Gasteiger partial charge in [0.05, 0.1) is 25.0 Å². The van der Waals surface area contributed by atoms with Crippen molar-refractivity contribution in [2.75, 3.05) is 12.4 Å². The van der Waals surface area contributed by atoms with E-state index >= 15 is 0 Å². The lowest BCUT2D eigenvalue weighted by Crippen LogP contribution is -1.98. The number of benzene rings is 1. The molecular formula is C19H14N6O. The molecule has 1 aromatic carbocycles. The van der Waals surface area contributed by atoms with Gasteiger partial charge >= 0.3 is 0 Å². The summed E-state index contributed by atoms with van der Waals surface area (Å²) in [6.45, 7) is 0. The summed E-state index contributed by atoms with van der Waals surface area (Å²) in [4.78, 5) is 17.9. The average molecular weight is 342 g/mol. The van der Waals surface area contributed by atoms with Gasteiger partial charge in [-0.25, -0.2) is 9.97 Å². The van der Waals surface area contributed by atoms with Crippen LogP contribution in [0.2, 0.25) is 0 Å². The van der Waals surface area contributed by atoms with Crippen LogP contribution >= 0.6 is 0 Å². The predicted molar refractivity (Wildman–Crippen MR) is 99.9 cm³/mol. The molecule has 126 valence electrons. The van der Waals surface area contributed by atoms with Gasteiger partial charge in [-0.1, -0.05) is 6.07 Å². The zero-order valence-corrected chi connectivity index (χ0v) is 13.9. The smallest absolute Gasteiger partial charge is 0.157 e. The van der Waals surface area contributed by atoms with Crippen molar-refractivity contribution in [3.8, 4) is 5.75 Å². The monoisotopic (exact) mass is 342 g/mol. The number of aromatic nitrogens is 5. The van der Waals surface area contributed by atoms with E-state index < -0.39 is 0 Å². The number of hydrogen-bond donors (Lipinski definition) is 1. The van der Waals surface area contributed by atoms with Crippen molar-refractivity contribution in [2.45, 2.75) is 0 Å². The van der Waals surface area contributed by atoms with Gasteiger partial charge < -0.3 is 10.1 Å². The average Bonchev–Trinajstić information content (AvgIpc) is 3.08. The Hall–Kier alpha value is -3.74. The molecule has 7 heteroatoms. The molecule has 5 aromatic rings. The Kier molecular flexibility index (Phi) is 3.18. The highest BCUT2D eigenvalue weighted by molar-refractivity contribution is 6.08. The molecule has 0 amide bonds. The topological polar surface area (TPSA) is 77.2 Å². The summed E-state index contributed by atoms with van der Waals surface area (Å²) in [7, 11) is 1.65. The van der Waals surface area contributed by atoms with Crippen molar-refractivity contribution in [1.82, 2.24) is 24.3 Å². The van der Waals surface area contributed by atoms with Crippen LogP contribution < -0.4 is 10.1 Å². The number of anilines is 2. The van der Waals surface area contributed by atoms with Crippen LogP contribution in [0.25, 0.3) is 27.6 Å². The summed E-state index contributed by atoms with van der Waals surface area (Å²) >= 11 is 0. The van der Waals surface area contributed by atoms with Gasteiger partial charge in [0.2, 0.25) is 0 Å². The van der Waals surface area contributed by atoms with E-state index in [2.05, 4.69) is 15.3 Å². The van der Waals surface area contributed by atoms with Crippen LogP contribution in [0.1, 0.15) is 0 Å². The SMILES string of the molecule is COc1cccc(Nc2nc3cnccc3c3nc4cnccn4c23)c1. The van der Waals surface area contributed by atoms with Crippen molar-refractivity contribution >= 4 is 39.1 Å². The lowest BCUT2D eigenvalue weighted by molar-refractivity contribution is 0.415. The maximum atomic E-state index is 5.31. The van der Waals surface area contributed by atoms with Crippen LogP contribution in [0.5, 0.6) is 5.75 Å². The summed E-state index contributed by atoms with van der Waals surface area (Å²) < 4.78 is 7.29. The third-order valence-corrected chi connectivity index (χ3v) is 4.27. The number of nitrogens with zero attached hydrogens (tertiary/aromatic N) is 5. The number of nitrogens with one attached hydrogen (secondary N) is 1. The van der Waals surface area contributed by atoms with Crippen LogP contribution in [0, 0.1) is 0 Å². The molecule has 4 heterocycles. The van der Waals surface area contributed by atoms with Gasteiger partial charge in [0.25, 0.3) is 0 Å². The van der Waals surface area contributed by atoms with Gasteiger partial charge in [-0.05, 0) is 18.2 Å². The van der Waals surface area contributed by atoms with Crippen molar-refractivity contribution in [1.29, 1.82) is 0 Å². The molecule has 0 aliphatic heterocycles.